The fourth-order valence-electron chi connectivity index (χ4n) is 4.44. The first-order chi connectivity index (χ1) is 8.22. The van der Waals surface area contributed by atoms with Crippen LogP contribution in [0.1, 0.15) is 51.9 Å². The second kappa shape index (κ2) is 4.15. The van der Waals surface area contributed by atoms with E-state index in [1.807, 2.05) is 0 Å². The molecule has 2 saturated carbocycles. The summed E-state index contributed by atoms with van der Waals surface area (Å²) in [5.41, 5.74) is 0.183. The molecule has 2 fully saturated rings. The molecule has 2 aliphatic carbocycles. The molecule has 17 heavy (non-hydrogen) atoms. The third kappa shape index (κ3) is 1.73. The zero-order valence-electron chi connectivity index (χ0n) is 10.7. The summed E-state index contributed by atoms with van der Waals surface area (Å²) in [4.78, 5) is 11.4. The van der Waals surface area contributed by atoms with Crippen LogP contribution in [0.4, 0.5) is 0 Å². The topological polar surface area (TPSA) is 26.3 Å². The third-order valence-corrected chi connectivity index (χ3v) is 5.27. The van der Waals surface area contributed by atoms with E-state index in [0.717, 1.165) is 18.3 Å². The van der Waals surface area contributed by atoms with Crippen LogP contribution in [0, 0.1) is 17.3 Å². The van der Waals surface area contributed by atoms with Crippen molar-refractivity contribution < 1.29 is 9.53 Å². The molecule has 2 nitrogen and oxygen atoms in total. The highest BCUT2D eigenvalue weighted by Gasteiger charge is 2.51. The molecular formula is C15H22O2. The molecule has 0 aromatic carbocycles. The van der Waals surface area contributed by atoms with Gasteiger partial charge in [-0.05, 0) is 37.5 Å². The average Bonchev–Trinajstić information content (AvgIpc) is 2.76. The van der Waals surface area contributed by atoms with Gasteiger partial charge in [0.2, 0.25) is 0 Å². The monoisotopic (exact) mass is 234 g/mol. The maximum atomic E-state index is 11.4. The molecule has 3 aliphatic rings. The molecule has 1 heterocycles. The summed E-state index contributed by atoms with van der Waals surface area (Å²) in [6, 6.07) is 0. The van der Waals surface area contributed by atoms with Gasteiger partial charge in [0.1, 0.15) is 6.10 Å². The molecule has 4 unspecified atom stereocenters. The molecule has 0 spiro atoms. The van der Waals surface area contributed by atoms with E-state index in [9.17, 15) is 4.79 Å². The number of ether oxygens (including phenoxy) is 1. The van der Waals surface area contributed by atoms with Crippen molar-refractivity contribution in [3.8, 4) is 0 Å². The first kappa shape index (κ1) is 11.3. The number of carbonyl (C=O) groups is 1. The van der Waals surface area contributed by atoms with Gasteiger partial charge in [-0.1, -0.05) is 32.3 Å². The van der Waals surface area contributed by atoms with Crippen LogP contribution in [0.15, 0.2) is 12.2 Å². The van der Waals surface area contributed by atoms with E-state index in [1.54, 1.807) is 6.08 Å². The summed E-state index contributed by atoms with van der Waals surface area (Å²) in [5, 5.41) is 0. The highest BCUT2D eigenvalue weighted by molar-refractivity contribution is 5.83. The van der Waals surface area contributed by atoms with E-state index in [2.05, 4.69) is 13.0 Å². The quantitative estimate of drug-likeness (QED) is 0.649. The fourth-order valence-corrected chi connectivity index (χ4v) is 4.44. The lowest BCUT2D eigenvalue weighted by Crippen LogP contribution is -2.48. The minimum absolute atomic E-state index is 0.127. The van der Waals surface area contributed by atoms with Crippen LogP contribution in [0.2, 0.25) is 0 Å². The Bertz CT molecular complexity index is 347. The largest absolute Gasteiger partial charge is 0.458 e. The maximum absolute atomic E-state index is 11.4. The van der Waals surface area contributed by atoms with E-state index < -0.39 is 0 Å². The standard InChI is InChI=1S/C15H22O2/c1-11-5-4-6-12(11)15-9-3-2-7-13(15)17-14(16)8-10-15/h8,10-13H,2-7,9H2,1H3. The summed E-state index contributed by atoms with van der Waals surface area (Å²) >= 11 is 0. The molecule has 94 valence electrons. The van der Waals surface area contributed by atoms with E-state index in [-0.39, 0.29) is 17.5 Å². The van der Waals surface area contributed by atoms with Crippen molar-refractivity contribution in [3.05, 3.63) is 12.2 Å². The van der Waals surface area contributed by atoms with E-state index in [4.69, 9.17) is 4.74 Å². The number of hydrogen-bond acceptors (Lipinski definition) is 2. The van der Waals surface area contributed by atoms with Crippen molar-refractivity contribution in [2.24, 2.45) is 17.3 Å². The minimum Gasteiger partial charge on any atom is -0.458 e. The summed E-state index contributed by atoms with van der Waals surface area (Å²) in [6.45, 7) is 2.38. The highest BCUT2D eigenvalue weighted by atomic mass is 16.5. The van der Waals surface area contributed by atoms with E-state index >= 15 is 0 Å². The molecule has 0 radical (unpaired) electrons. The zero-order chi connectivity index (χ0) is 11.9. The van der Waals surface area contributed by atoms with Crippen molar-refractivity contribution in [1.29, 1.82) is 0 Å². The summed E-state index contributed by atoms with van der Waals surface area (Å²) in [6.07, 6.45) is 12.9. The van der Waals surface area contributed by atoms with Crippen molar-refractivity contribution in [2.75, 3.05) is 0 Å². The van der Waals surface area contributed by atoms with Gasteiger partial charge >= 0.3 is 5.97 Å². The molecular weight excluding hydrogens is 212 g/mol. The van der Waals surface area contributed by atoms with Gasteiger partial charge in [0.05, 0.1) is 0 Å². The Hall–Kier alpha value is -0.790. The van der Waals surface area contributed by atoms with Crippen molar-refractivity contribution in [1.82, 2.24) is 0 Å². The predicted octanol–water partition coefficient (Wildman–Crippen LogP) is 3.46. The number of hydrogen-bond donors (Lipinski definition) is 0. The van der Waals surface area contributed by atoms with Crippen LogP contribution < -0.4 is 0 Å². The predicted molar refractivity (Wildman–Crippen MR) is 66.4 cm³/mol. The van der Waals surface area contributed by atoms with Gasteiger partial charge in [0.25, 0.3) is 0 Å². The molecule has 2 heteroatoms. The molecule has 3 rings (SSSR count). The second-order valence-electron chi connectivity index (χ2n) is 6.13. The van der Waals surface area contributed by atoms with Gasteiger partial charge in [-0.2, -0.15) is 0 Å². The first-order valence-electron chi connectivity index (χ1n) is 7.12. The van der Waals surface area contributed by atoms with Gasteiger partial charge in [-0.3, -0.25) is 0 Å². The Kier molecular flexibility index (Phi) is 2.76. The molecule has 0 bridgehead atoms. The number of carbonyl (C=O) groups excluding carboxylic acids is 1. The number of rotatable bonds is 1. The van der Waals surface area contributed by atoms with Crippen LogP contribution in [-0.2, 0) is 9.53 Å². The Morgan fingerprint density at radius 2 is 2.12 bits per heavy atom. The second-order valence-corrected chi connectivity index (χ2v) is 6.13. The Morgan fingerprint density at radius 1 is 1.24 bits per heavy atom. The average molecular weight is 234 g/mol. The normalized spacial score (nSPS) is 45.5. The lowest BCUT2D eigenvalue weighted by molar-refractivity contribution is -0.158. The highest BCUT2D eigenvalue weighted by Crippen LogP contribution is 2.54. The van der Waals surface area contributed by atoms with Crippen molar-refractivity contribution >= 4 is 5.97 Å². The maximum Gasteiger partial charge on any atom is 0.330 e. The fraction of sp³-hybridized carbons (Fsp3) is 0.800. The minimum atomic E-state index is -0.127. The van der Waals surface area contributed by atoms with E-state index in [1.165, 1.54) is 38.5 Å². The Balaban J connectivity index is 1.95. The van der Waals surface area contributed by atoms with Crippen molar-refractivity contribution in [2.45, 2.75) is 58.0 Å². The summed E-state index contributed by atoms with van der Waals surface area (Å²) in [7, 11) is 0. The molecule has 0 amide bonds. The smallest absolute Gasteiger partial charge is 0.330 e. The lowest BCUT2D eigenvalue weighted by atomic mass is 9.60. The van der Waals surface area contributed by atoms with Gasteiger partial charge < -0.3 is 4.74 Å². The number of esters is 1. The van der Waals surface area contributed by atoms with Crippen LogP contribution in [0.5, 0.6) is 0 Å². The van der Waals surface area contributed by atoms with Gasteiger partial charge in [-0.15, -0.1) is 0 Å². The van der Waals surface area contributed by atoms with Crippen LogP contribution in [-0.4, -0.2) is 12.1 Å². The van der Waals surface area contributed by atoms with Crippen molar-refractivity contribution in [3.63, 3.8) is 0 Å². The van der Waals surface area contributed by atoms with Gasteiger partial charge in [-0.25, -0.2) is 4.79 Å². The molecule has 0 saturated heterocycles. The molecule has 0 aromatic heterocycles. The van der Waals surface area contributed by atoms with Crippen LogP contribution in [0.3, 0.4) is 0 Å². The Labute approximate surface area is 103 Å². The summed E-state index contributed by atoms with van der Waals surface area (Å²) < 4.78 is 5.63. The summed E-state index contributed by atoms with van der Waals surface area (Å²) in [5.74, 6) is 1.40. The lowest BCUT2D eigenvalue weighted by Gasteiger charge is -2.48. The van der Waals surface area contributed by atoms with Gasteiger partial charge in [0, 0.05) is 11.5 Å². The third-order valence-electron chi connectivity index (χ3n) is 5.27. The molecule has 0 N–H and O–H groups in total. The molecule has 4 atom stereocenters. The zero-order valence-corrected chi connectivity index (χ0v) is 10.7. The SMILES string of the molecule is CC1CCCC1C12C=CC(=O)OC1CCCC2. The number of fused-ring (bicyclic) bond motifs is 1. The van der Waals surface area contributed by atoms with Crippen LogP contribution in [0.25, 0.3) is 0 Å². The van der Waals surface area contributed by atoms with Crippen LogP contribution >= 0.6 is 0 Å². The van der Waals surface area contributed by atoms with Gasteiger partial charge in [0.15, 0.2) is 0 Å². The molecule has 1 aliphatic heterocycles. The van der Waals surface area contributed by atoms with E-state index in [0.29, 0.717) is 0 Å². The first-order valence-corrected chi connectivity index (χ1v) is 7.12. The molecule has 0 aromatic rings. The Morgan fingerprint density at radius 3 is 2.88 bits per heavy atom.